The van der Waals surface area contributed by atoms with Crippen LogP contribution in [-0.2, 0) is 6.54 Å². The van der Waals surface area contributed by atoms with Crippen molar-refractivity contribution in [3.8, 4) is 0 Å². The van der Waals surface area contributed by atoms with Gasteiger partial charge in [0.05, 0.1) is 0 Å². The number of hydrogen-bond donors (Lipinski definition) is 1. The largest absolute Gasteiger partial charge is 0.299 e. The number of unbranched alkanes of at least 4 members (excludes halogenated alkanes) is 18. The van der Waals surface area contributed by atoms with Crippen LogP contribution in [0.25, 0.3) is 11.0 Å². The van der Waals surface area contributed by atoms with Gasteiger partial charge in [-0.25, -0.2) is 0 Å². The zero-order chi connectivity index (χ0) is 24.8. The van der Waals surface area contributed by atoms with E-state index in [4.69, 9.17) is 0 Å². The molecule has 0 amide bonds. The average molecular weight is 485 g/mol. The zero-order valence-corrected chi connectivity index (χ0v) is 23.3. The Labute approximate surface area is 217 Å². The minimum Gasteiger partial charge on any atom is -0.299 e. The molecule has 0 aliphatic heterocycles. The molecule has 2 rings (SSSR count). The van der Waals surface area contributed by atoms with Crippen LogP contribution in [0.4, 0.5) is 0 Å². The standard InChI is InChI=1S/C31H56N4/c1-3-5-7-9-11-13-15-17-19-21-26-35(27-22-20-18-16-14-12-10-8-6-4-2)28-29-24-23-25-30-31(29)33-34-32-30/h23-25H,3-22,26-28H2,1-2H3,(H,32,33,34). The molecule has 0 saturated heterocycles. The Bertz CT molecular complexity index is 702. The Balaban J connectivity index is 1.65. The summed E-state index contributed by atoms with van der Waals surface area (Å²) in [4.78, 5) is 2.68. The predicted octanol–water partition coefficient (Wildman–Crippen LogP) is 9.60. The van der Waals surface area contributed by atoms with Gasteiger partial charge in [0.25, 0.3) is 0 Å². The maximum absolute atomic E-state index is 4.42. The third-order valence-corrected chi connectivity index (χ3v) is 7.48. The first kappa shape index (κ1) is 29.8. The van der Waals surface area contributed by atoms with Crippen LogP contribution in [0, 0.1) is 0 Å². The number of rotatable bonds is 24. The van der Waals surface area contributed by atoms with Crippen molar-refractivity contribution in [3.63, 3.8) is 0 Å². The highest BCUT2D eigenvalue weighted by Crippen LogP contribution is 2.18. The van der Waals surface area contributed by atoms with Crippen LogP contribution in [0.15, 0.2) is 18.2 Å². The first-order valence-electron chi connectivity index (χ1n) is 15.4. The zero-order valence-electron chi connectivity index (χ0n) is 23.3. The normalized spacial score (nSPS) is 11.7. The number of aromatic amines is 1. The molecule has 1 aromatic heterocycles. The van der Waals surface area contributed by atoms with Crippen LogP contribution >= 0.6 is 0 Å². The number of nitrogens with zero attached hydrogens (tertiary/aromatic N) is 3. The average Bonchev–Trinajstić information content (AvgIpc) is 3.36. The summed E-state index contributed by atoms with van der Waals surface area (Å²) in [5.74, 6) is 0. The number of fused-ring (bicyclic) bond motifs is 1. The second-order valence-corrected chi connectivity index (χ2v) is 10.7. The van der Waals surface area contributed by atoms with Crippen molar-refractivity contribution in [2.24, 2.45) is 0 Å². The molecule has 0 saturated carbocycles. The van der Waals surface area contributed by atoms with Crippen LogP contribution in [0.2, 0.25) is 0 Å². The number of benzene rings is 1. The Hall–Kier alpha value is -1.42. The van der Waals surface area contributed by atoms with E-state index in [2.05, 4.69) is 52.4 Å². The van der Waals surface area contributed by atoms with E-state index in [0.717, 1.165) is 17.6 Å². The highest BCUT2D eigenvalue weighted by molar-refractivity contribution is 5.77. The molecule has 0 fully saturated rings. The monoisotopic (exact) mass is 484 g/mol. The summed E-state index contributed by atoms with van der Waals surface area (Å²) >= 11 is 0. The van der Waals surface area contributed by atoms with Gasteiger partial charge in [-0.05, 0) is 37.6 Å². The second-order valence-electron chi connectivity index (χ2n) is 10.7. The summed E-state index contributed by atoms with van der Waals surface area (Å²) in [6.07, 6.45) is 28.0. The fourth-order valence-corrected chi connectivity index (χ4v) is 5.21. The van der Waals surface area contributed by atoms with E-state index in [1.54, 1.807) is 0 Å². The lowest BCUT2D eigenvalue weighted by molar-refractivity contribution is 0.253. The summed E-state index contributed by atoms with van der Waals surface area (Å²) in [6, 6.07) is 6.41. The molecule has 200 valence electrons. The third-order valence-electron chi connectivity index (χ3n) is 7.48. The molecule has 35 heavy (non-hydrogen) atoms. The SMILES string of the molecule is CCCCCCCCCCCCN(CCCCCCCCCCCC)Cc1cccc2n[nH]nc12. The topological polar surface area (TPSA) is 44.8 Å². The fourth-order valence-electron chi connectivity index (χ4n) is 5.21. The molecule has 0 atom stereocenters. The summed E-state index contributed by atoms with van der Waals surface area (Å²) in [5.41, 5.74) is 3.35. The number of nitrogens with one attached hydrogen (secondary N) is 1. The van der Waals surface area contributed by atoms with Crippen molar-refractivity contribution in [1.82, 2.24) is 20.3 Å². The third kappa shape index (κ3) is 14.0. The summed E-state index contributed by atoms with van der Waals surface area (Å²) in [6.45, 7) is 8.01. The smallest absolute Gasteiger partial charge is 0.117 e. The Morgan fingerprint density at radius 2 is 1.03 bits per heavy atom. The van der Waals surface area contributed by atoms with Gasteiger partial charge in [0, 0.05) is 6.54 Å². The van der Waals surface area contributed by atoms with Gasteiger partial charge in [0.2, 0.25) is 0 Å². The summed E-state index contributed by atoms with van der Waals surface area (Å²) < 4.78 is 0. The van der Waals surface area contributed by atoms with Crippen molar-refractivity contribution in [2.45, 2.75) is 149 Å². The lowest BCUT2D eigenvalue weighted by Gasteiger charge is -2.22. The van der Waals surface area contributed by atoms with E-state index in [-0.39, 0.29) is 0 Å². The van der Waals surface area contributed by atoms with E-state index in [1.165, 1.54) is 147 Å². The highest BCUT2D eigenvalue weighted by Gasteiger charge is 2.10. The van der Waals surface area contributed by atoms with E-state index < -0.39 is 0 Å². The molecule has 4 heteroatoms. The molecule has 0 radical (unpaired) electrons. The minimum atomic E-state index is 0.986. The Morgan fingerprint density at radius 1 is 0.571 bits per heavy atom. The van der Waals surface area contributed by atoms with E-state index >= 15 is 0 Å². The van der Waals surface area contributed by atoms with Gasteiger partial charge in [0.1, 0.15) is 11.0 Å². The van der Waals surface area contributed by atoms with Crippen LogP contribution in [0.1, 0.15) is 148 Å². The lowest BCUT2D eigenvalue weighted by Crippen LogP contribution is -2.26. The molecule has 0 bridgehead atoms. The molecule has 1 N–H and O–H groups in total. The van der Waals surface area contributed by atoms with Gasteiger partial charge < -0.3 is 0 Å². The maximum Gasteiger partial charge on any atom is 0.117 e. The Morgan fingerprint density at radius 3 is 1.51 bits per heavy atom. The van der Waals surface area contributed by atoms with E-state index in [0.29, 0.717) is 0 Å². The van der Waals surface area contributed by atoms with Crippen molar-refractivity contribution in [2.75, 3.05) is 13.1 Å². The van der Waals surface area contributed by atoms with Crippen molar-refractivity contribution in [3.05, 3.63) is 23.8 Å². The summed E-state index contributed by atoms with van der Waals surface area (Å²) in [5, 5.41) is 11.5. The highest BCUT2D eigenvalue weighted by atomic mass is 15.3. The van der Waals surface area contributed by atoms with Crippen LogP contribution in [-0.4, -0.2) is 33.4 Å². The van der Waals surface area contributed by atoms with Gasteiger partial charge in [-0.15, -0.1) is 0 Å². The number of hydrogen-bond acceptors (Lipinski definition) is 3. The molecule has 0 aliphatic carbocycles. The molecular formula is C31H56N4. The lowest BCUT2D eigenvalue weighted by atomic mass is 10.1. The van der Waals surface area contributed by atoms with Crippen LogP contribution < -0.4 is 0 Å². The van der Waals surface area contributed by atoms with Crippen LogP contribution in [0.3, 0.4) is 0 Å². The maximum atomic E-state index is 4.42. The molecule has 1 heterocycles. The van der Waals surface area contributed by atoms with Gasteiger partial charge in [-0.3, -0.25) is 4.90 Å². The second kappa shape index (κ2) is 20.7. The van der Waals surface area contributed by atoms with Gasteiger partial charge in [0.15, 0.2) is 0 Å². The van der Waals surface area contributed by atoms with Crippen molar-refractivity contribution in [1.29, 1.82) is 0 Å². The van der Waals surface area contributed by atoms with Crippen molar-refractivity contribution < 1.29 is 0 Å². The van der Waals surface area contributed by atoms with Gasteiger partial charge in [-0.2, -0.15) is 15.4 Å². The fraction of sp³-hybridized carbons (Fsp3) is 0.806. The first-order chi connectivity index (χ1) is 17.3. The van der Waals surface area contributed by atoms with Crippen LogP contribution in [0.5, 0.6) is 0 Å². The minimum absolute atomic E-state index is 0.986. The quantitative estimate of drug-likeness (QED) is 0.151. The number of aromatic nitrogens is 3. The molecule has 2 aromatic rings. The molecule has 0 spiro atoms. The predicted molar refractivity (Wildman–Crippen MR) is 153 cm³/mol. The van der Waals surface area contributed by atoms with Gasteiger partial charge in [-0.1, -0.05) is 142 Å². The van der Waals surface area contributed by atoms with Gasteiger partial charge >= 0.3 is 0 Å². The molecule has 0 aliphatic rings. The Kier molecular flexibility index (Phi) is 17.7. The molecular weight excluding hydrogens is 428 g/mol. The first-order valence-corrected chi connectivity index (χ1v) is 15.4. The molecule has 0 unspecified atom stereocenters. The molecule has 4 nitrogen and oxygen atoms in total. The van der Waals surface area contributed by atoms with Crippen molar-refractivity contribution >= 4 is 11.0 Å². The number of para-hydroxylation sites is 1. The van der Waals surface area contributed by atoms with E-state index in [9.17, 15) is 0 Å². The number of H-pyrrole nitrogens is 1. The van der Waals surface area contributed by atoms with E-state index in [1.807, 2.05) is 0 Å². The molecule has 1 aromatic carbocycles. The summed E-state index contributed by atoms with van der Waals surface area (Å²) in [7, 11) is 0.